The number of aryl methyl sites for hydroxylation is 2. The molecule has 0 spiro atoms. The van der Waals surface area contributed by atoms with Gasteiger partial charge in [-0.25, -0.2) is 4.98 Å². The second-order valence-electron chi connectivity index (χ2n) is 8.05. The Labute approximate surface area is 205 Å². The summed E-state index contributed by atoms with van der Waals surface area (Å²) in [7, 11) is 4.01. The lowest BCUT2D eigenvalue weighted by atomic mass is 10.1. The fourth-order valence-electron chi connectivity index (χ4n) is 3.39. The zero-order valence-electron chi connectivity index (χ0n) is 19.2. The number of anilines is 1. The SMILES string of the molecule is Cc1ccc2sc(N(CCN(C)C)C(=O)c3cccc(Oc4ccccc4)c3)nc2c1C.Cl. The van der Waals surface area contributed by atoms with Crippen molar-refractivity contribution in [3.8, 4) is 11.5 Å². The van der Waals surface area contributed by atoms with E-state index in [4.69, 9.17) is 9.72 Å². The van der Waals surface area contributed by atoms with E-state index in [1.165, 1.54) is 5.56 Å². The number of benzene rings is 3. The third-order valence-electron chi connectivity index (χ3n) is 5.38. The van der Waals surface area contributed by atoms with Crippen LogP contribution in [0.5, 0.6) is 11.5 Å². The predicted octanol–water partition coefficient (Wildman–Crippen LogP) is 6.34. The van der Waals surface area contributed by atoms with Crippen LogP contribution in [0.3, 0.4) is 0 Å². The molecule has 1 heterocycles. The topological polar surface area (TPSA) is 45.7 Å². The number of aromatic nitrogens is 1. The van der Waals surface area contributed by atoms with E-state index >= 15 is 0 Å². The minimum absolute atomic E-state index is 0. The number of likely N-dealkylation sites (N-methyl/N-ethyl adjacent to an activating group) is 1. The molecule has 3 aromatic carbocycles. The molecule has 0 unspecified atom stereocenters. The van der Waals surface area contributed by atoms with Crippen molar-refractivity contribution in [2.24, 2.45) is 0 Å². The van der Waals surface area contributed by atoms with Gasteiger partial charge in [0.25, 0.3) is 5.91 Å². The average molecular weight is 482 g/mol. The van der Waals surface area contributed by atoms with Crippen molar-refractivity contribution in [2.75, 3.05) is 32.1 Å². The molecular formula is C26H28ClN3O2S. The summed E-state index contributed by atoms with van der Waals surface area (Å²) in [6.45, 7) is 5.45. The molecule has 7 heteroatoms. The fraction of sp³-hybridized carbons (Fsp3) is 0.231. The van der Waals surface area contributed by atoms with Crippen molar-refractivity contribution in [3.63, 3.8) is 0 Å². The standard InChI is InChI=1S/C26H27N3O2S.ClH/c1-18-13-14-23-24(19(18)2)27-26(32-23)29(16-15-28(3)4)25(30)20-9-8-12-22(17-20)31-21-10-6-5-7-11-21;/h5-14,17H,15-16H2,1-4H3;1H. The maximum Gasteiger partial charge on any atom is 0.260 e. The van der Waals surface area contributed by atoms with E-state index < -0.39 is 0 Å². The molecule has 0 N–H and O–H groups in total. The molecule has 4 aromatic rings. The second-order valence-corrected chi connectivity index (χ2v) is 9.06. The van der Waals surface area contributed by atoms with E-state index in [1.54, 1.807) is 22.3 Å². The van der Waals surface area contributed by atoms with E-state index in [0.717, 1.165) is 33.2 Å². The summed E-state index contributed by atoms with van der Waals surface area (Å²) >= 11 is 1.55. The Morgan fingerprint density at radius 3 is 2.39 bits per heavy atom. The summed E-state index contributed by atoms with van der Waals surface area (Å²) in [5.74, 6) is 1.28. The molecule has 33 heavy (non-hydrogen) atoms. The van der Waals surface area contributed by atoms with Gasteiger partial charge in [0, 0.05) is 18.7 Å². The zero-order chi connectivity index (χ0) is 22.7. The first-order valence-electron chi connectivity index (χ1n) is 10.6. The van der Waals surface area contributed by atoms with Gasteiger partial charge in [0.05, 0.1) is 10.2 Å². The van der Waals surface area contributed by atoms with Gasteiger partial charge in [-0.2, -0.15) is 0 Å². The molecule has 0 aliphatic heterocycles. The van der Waals surface area contributed by atoms with Gasteiger partial charge < -0.3 is 9.64 Å². The third-order valence-corrected chi connectivity index (χ3v) is 6.42. The molecule has 0 bridgehead atoms. The second kappa shape index (κ2) is 10.8. The Bertz CT molecular complexity index is 1240. The van der Waals surface area contributed by atoms with Crippen molar-refractivity contribution in [1.29, 1.82) is 0 Å². The number of para-hydroxylation sites is 1. The van der Waals surface area contributed by atoms with Crippen LogP contribution in [0.25, 0.3) is 10.2 Å². The molecule has 0 saturated heterocycles. The van der Waals surface area contributed by atoms with Gasteiger partial charge in [0.2, 0.25) is 0 Å². The number of carbonyl (C=O) groups is 1. The monoisotopic (exact) mass is 481 g/mol. The van der Waals surface area contributed by atoms with E-state index in [2.05, 4.69) is 30.9 Å². The van der Waals surface area contributed by atoms with E-state index in [-0.39, 0.29) is 18.3 Å². The predicted molar refractivity (Wildman–Crippen MR) is 140 cm³/mol. The summed E-state index contributed by atoms with van der Waals surface area (Å²) in [5.41, 5.74) is 3.90. The van der Waals surface area contributed by atoms with E-state index in [0.29, 0.717) is 17.9 Å². The van der Waals surface area contributed by atoms with Crippen LogP contribution >= 0.6 is 23.7 Å². The van der Waals surface area contributed by atoms with Crippen molar-refractivity contribution in [3.05, 3.63) is 83.4 Å². The van der Waals surface area contributed by atoms with Crippen LogP contribution in [-0.4, -0.2) is 43.0 Å². The number of fused-ring (bicyclic) bond motifs is 1. The van der Waals surface area contributed by atoms with Crippen LogP contribution in [0.1, 0.15) is 21.5 Å². The number of hydrogen-bond donors (Lipinski definition) is 0. The highest BCUT2D eigenvalue weighted by Crippen LogP contribution is 2.33. The third kappa shape index (κ3) is 5.71. The summed E-state index contributed by atoms with van der Waals surface area (Å²) < 4.78 is 7.03. The fourth-order valence-corrected chi connectivity index (χ4v) is 4.44. The Balaban J connectivity index is 0.00000306. The lowest BCUT2D eigenvalue weighted by molar-refractivity contribution is 0.0985. The number of hydrogen-bond acceptors (Lipinski definition) is 5. The van der Waals surface area contributed by atoms with Gasteiger partial charge >= 0.3 is 0 Å². The normalized spacial score (nSPS) is 10.8. The Morgan fingerprint density at radius 1 is 0.939 bits per heavy atom. The molecule has 0 aliphatic rings. The van der Waals surface area contributed by atoms with Crippen molar-refractivity contribution in [2.45, 2.75) is 13.8 Å². The molecule has 172 valence electrons. The first-order chi connectivity index (χ1) is 15.4. The highest BCUT2D eigenvalue weighted by atomic mass is 35.5. The summed E-state index contributed by atoms with van der Waals surface area (Å²) in [6.07, 6.45) is 0. The highest BCUT2D eigenvalue weighted by Gasteiger charge is 2.22. The molecule has 0 saturated carbocycles. The summed E-state index contributed by atoms with van der Waals surface area (Å²) in [4.78, 5) is 22.3. The van der Waals surface area contributed by atoms with Crippen LogP contribution in [0.2, 0.25) is 0 Å². The van der Waals surface area contributed by atoms with Crippen molar-refractivity contribution in [1.82, 2.24) is 9.88 Å². The Hall–Kier alpha value is -2.93. The first kappa shape index (κ1) is 24.7. The van der Waals surface area contributed by atoms with Gasteiger partial charge in [0.15, 0.2) is 5.13 Å². The number of amides is 1. The van der Waals surface area contributed by atoms with Crippen LogP contribution in [-0.2, 0) is 0 Å². The molecule has 0 aliphatic carbocycles. The molecule has 4 rings (SSSR count). The van der Waals surface area contributed by atoms with Gasteiger partial charge in [-0.1, -0.05) is 41.7 Å². The van der Waals surface area contributed by atoms with Crippen LogP contribution in [0.4, 0.5) is 5.13 Å². The van der Waals surface area contributed by atoms with Crippen LogP contribution in [0.15, 0.2) is 66.7 Å². The highest BCUT2D eigenvalue weighted by molar-refractivity contribution is 7.22. The number of thiazole rings is 1. The van der Waals surface area contributed by atoms with Crippen molar-refractivity contribution < 1.29 is 9.53 Å². The molecule has 5 nitrogen and oxygen atoms in total. The maximum atomic E-state index is 13.6. The largest absolute Gasteiger partial charge is 0.457 e. The molecular weight excluding hydrogens is 454 g/mol. The van der Waals surface area contributed by atoms with Crippen molar-refractivity contribution >= 4 is 45.0 Å². The minimum Gasteiger partial charge on any atom is -0.457 e. The molecule has 1 aromatic heterocycles. The maximum absolute atomic E-state index is 13.6. The van der Waals surface area contributed by atoms with Crippen LogP contribution in [0, 0.1) is 13.8 Å². The molecule has 0 atom stereocenters. The smallest absolute Gasteiger partial charge is 0.260 e. The Morgan fingerprint density at radius 2 is 1.67 bits per heavy atom. The number of carbonyl (C=O) groups excluding carboxylic acids is 1. The average Bonchev–Trinajstić information content (AvgIpc) is 3.22. The van der Waals surface area contributed by atoms with Gasteiger partial charge in [0.1, 0.15) is 11.5 Å². The van der Waals surface area contributed by atoms with E-state index in [1.807, 2.05) is 62.6 Å². The van der Waals surface area contributed by atoms with Gasteiger partial charge in [-0.3, -0.25) is 9.69 Å². The molecule has 0 radical (unpaired) electrons. The summed E-state index contributed by atoms with van der Waals surface area (Å²) in [5, 5.41) is 0.718. The summed E-state index contributed by atoms with van der Waals surface area (Å²) in [6, 6.07) is 21.1. The quantitative estimate of drug-likeness (QED) is 0.309. The number of rotatable bonds is 7. The Kier molecular flexibility index (Phi) is 8.08. The lowest BCUT2D eigenvalue weighted by Crippen LogP contribution is -2.36. The van der Waals surface area contributed by atoms with Crippen LogP contribution < -0.4 is 9.64 Å². The number of halogens is 1. The first-order valence-corrected chi connectivity index (χ1v) is 11.4. The lowest BCUT2D eigenvalue weighted by Gasteiger charge is -2.22. The number of ether oxygens (including phenoxy) is 1. The van der Waals surface area contributed by atoms with Gasteiger partial charge in [-0.15, -0.1) is 12.4 Å². The van der Waals surface area contributed by atoms with Gasteiger partial charge in [-0.05, 0) is 75.5 Å². The molecule has 1 amide bonds. The number of nitrogens with zero attached hydrogens (tertiary/aromatic N) is 3. The zero-order valence-corrected chi connectivity index (χ0v) is 20.9. The van der Waals surface area contributed by atoms with E-state index in [9.17, 15) is 4.79 Å². The molecule has 0 fully saturated rings. The minimum atomic E-state index is -0.0845.